The number of H-pyrrole nitrogens is 1. The minimum Gasteiger partial charge on any atom is -0.358 e. The minimum absolute atomic E-state index is 0.136. The third-order valence-corrected chi connectivity index (χ3v) is 4.91. The van der Waals surface area contributed by atoms with Crippen LogP contribution >= 0.6 is 0 Å². The average molecular weight is 380 g/mol. The lowest BCUT2D eigenvalue weighted by Gasteiger charge is -2.05. The summed E-state index contributed by atoms with van der Waals surface area (Å²) in [5, 5.41) is 5.56. The summed E-state index contributed by atoms with van der Waals surface area (Å²) >= 11 is 0. The molecule has 0 saturated carbocycles. The van der Waals surface area contributed by atoms with Gasteiger partial charge in [-0.05, 0) is 62.6 Å². The van der Waals surface area contributed by atoms with E-state index in [0.29, 0.717) is 11.1 Å². The zero-order valence-electron chi connectivity index (χ0n) is 17.7. The molecule has 3 rings (SSSR count). The topological polar surface area (TPSA) is 74.0 Å². The van der Waals surface area contributed by atoms with Crippen molar-refractivity contribution in [2.75, 3.05) is 12.4 Å². The summed E-state index contributed by atoms with van der Waals surface area (Å²) in [6.45, 7) is 11.8. The van der Waals surface area contributed by atoms with E-state index < -0.39 is 0 Å². The third kappa shape index (κ3) is 3.79. The lowest BCUT2D eigenvalue weighted by Crippen LogP contribution is -2.19. The van der Waals surface area contributed by atoms with Crippen LogP contribution in [0.1, 0.15) is 66.1 Å². The molecule has 0 fully saturated rings. The van der Waals surface area contributed by atoms with Crippen LogP contribution in [0.5, 0.6) is 0 Å². The molecular weight excluding hydrogens is 350 g/mol. The van der Waals surface area contributed by atoms with Gasteiger partial charge in [0.05, 0.1) is 11.1 Å². The molecule has 0 aliphatic carbocycles. The van der Waals surface area contributed by atoms with Crippen LogP contribution in [0, 0.1) is 13.8 Å². The third-order valence-electron chi connectivity index (χ3n) is 4.91. The monoisotopic (exact) mass is 379 g/mol. The Bertz CT molecular complexity index is 978. The fraction of sp³-hybridized carbons (Fsp3) is 0.304. The highest BCUT2D eigenvalue weighted by molar-refractivity contribution is 6.35. The van der Waals surface area contributed by atoms with Crippen LogP contribution < -0.4 is 10.6 Å². The van der Waals surface area contributed by atoms with Crippen LogP contribution in [0.15, 0.2) is 24.3 Å². The number of aryl methyl sites for hydroxylation is 1. The molecule has 0 radical (unpaired) electrons. The van der Waals surface area contributed by atoms with Crippen LogP contribution in [-0.2, 0) is 4.79 Å². The Hall–Kier alpha value is -3.08. The van der Waals surface area contributed by atoms with E-state index in [1.54, 1.807) is 7.05 Å². The van der Waals surface area contributed by atoms with Crippen molar-refractivity contribution in [1.29, 1.82) is 0 Å². The Balaban J connectivity index is 0.00000136. The first-order chi connectivity index (χ1) is 13.4. The zero-order valence-corrected chi connectivity index (χ0v) is 17.7. The lowest BCUT2D eigenvalue weighted by atomic mass is 9.99. The number of carbonyl (C=O) groups is 2. The highest BCUT2D eigenvalue weighted by atomic mass is 16.2. The second-order valence-corrected chi connectivity index (χ2v) is 6.49. The Kier molecular flexibility index (Phi) is 6.62. The maximum atomic E-state index is 12.5. The molecule has 148 valence electrons. The Morgan fingerprint density at radius 2 is 1.86 bits per heavy atom. The fourth-order valence-corrected chi connectivity index (χ4v) is 3.27. The molecule has 0 atom stereocenters. The van der Waals surface area contributed by atoms with Crippen molar-refractivity contribution in [2.24, 2.45) is 0 Å². The molecule has 2 aromatic rings. The predicted molar refractivity (Wildman–Crippen MR) is 117 cm³/mol. The second-order valence-electron chi connectivity index (χ2n) is 6.49. The van der Waals surface area contributed by atoms with Crippen LogP contribution in [0.4, 0.5) is 5.69 Å². The number of allylic oxidation sites excluding steroid dienone is 2. The molecular formula is C23H29N3O2. The molecule has 0 bridgehead atoms. The van der Waals surface area contributed by atoms with Gasteiger partial charge in [0.1, 0.15) is 0 Å². The lowest BCUT2D eigenvalue weighted by molar-refractivity contribution is -0.110. The number of benzene rings is 1. The first-order valence-electron chi connectivity index (χ1n) is 9.59. The van der Waals surface area contributed by atoms with Gasteiger partial charge >= 0.3 is 0 Å². The van der Waals surface area contributed by atoms with Gasteiger partial charge in [-0.2, -0.15) is 0 Å². The summed E-state index contributed by atoms with van der Waals surface area (Å²) in [5.41, 5.74) is 7.52. The van der Waals surface area contributed by atoms with Crippen molar-refractivity contribution in [3.8, 4) is 0 Å². The van der Waals surface area contributed by atoms with E-state index in [1.165, 1.54) is 0 Å². The largest absolute Gasteiger partial charge is 0.358 e. The molecule has 5 nitrogen and oxygen atoms in total. The summed E-state index contributed by atoms with van der Waals surface area (Å²) in [6, 6.07) is 5.96. The number of amides is 2. The number of hydrogen-bond donors (Lipinski definition) is 3. The van der Waals surface area contributed by atoms with Crippen molar-refractivity contribution < 1.29 is 9.59 Å². The van der Waals surface area contributed by atoms with Crippen molar-refractivity contribution in [2.45, 2.75) is 41.5 Å². The molecule has 0 spiro atoms. The number of rotatable bonds is 3. The number of hydrogen-bond acceptors (Lipinski definition) is 2. The summed E-state index contributed by atoms with van der Waals surface area (Å²) < 4.78 is 0. The molecule has 1 aromatic heterocycles. The van der Waals surface area contributed by atoms with Crippen molar-refractivity contribution >= 4 is 34.7 Å². The van der Waals surface area contributed by atoms with Gasteiger partial charge in [0.2, 0.25) is 0 Å². The van der Waals surface area contributed by atoms with E-state index in [1.807, 2.05) is 71.9 Å². The number of anilines is 1. The Labute approximate surface area is 166 Å². The van der Waals surface area contributed by atoms with Crippen molar-refractivity contribution in [3.05, 3.63) is 57.9 Å². The summed E-state index contributed by atoms with van der Waals surface area (Å²) in [5.74, 6) is -0.272. The summed E-state index contributed by atoms with van der Waals surface area (Å²) in [6.07, 6.45) is 3.87. The van der Waals surface area contributed by atoms with Gasteiger partial charge in [0.25, 0.3) is 11.8 Å². The van der Waals surface area contributed by atoms with Crippen LogP contribution in [0.2, 0.25) is 0 Å². The number of aromatic nitrogens is 1. The SMILES string of the molecule is C/C=C(\C)c1ccc2c(c1)/C(=C/c1[nH]c(C)c(C(=O)NC)c1C)C(=O)N2.CC. The molecule has 3 N–H and O–H groups in total. The van der Waals surface area contributed by atoms with E-state index in [2.05, 4.69) is 15.6 Å². The predicted octanol–water partition coefficient (Wildman–Crippen LogP) is 4.93. The number of carbonyl (C=O) groups excluding carboxylic acids is 2. The Morgan fingerprint density at radius 1 is 1.18 bits per heavy atom. The maximum Gasteiger partial charge on any atom is 0.256 e. The molecule has 28 heavy (non-hydrogen) atoms. The van der Waals surface area contributed by atoms with E-state index >= 15 is 0 Å². The number of fused-ring (bicyclic) bond motifs is 1. The van der Waals surface area contributed by atoms with Gasteiger partial charge in [0.15, 0.2) is 0 Å². The van der Waals surface area contributed by atoms with Gasteiger partial charge in [-0.1, -0.05) is 26.0 Å². The molecule has 1 aromatic carbocycles. The molecule has 1 aliphatic heterocycles. The smallest absolute Gasteiger partial charge is 0.256 e. The normalized spacial score (nSPS) is 14.3. The molecule has 2 amide bonds. The van der Waals surface area contributed by atoms with Gasteiger partial charge in [-0.3, -0.25) is 9.59 Å². The maximum absolute atomic E-state index is 12.5. The summed E-state index contributed by atoms with van der Waals surface area (Å²) in [7, 11) is 1.61. The van der Waals surface area contributed by atoms with Gasteiger partial charge in [-0.15, -0.1) is 0 Å². The van der Waals surface area contributed by atoms with Gasteiger partial charge < -0.3 is 15.6 Å². The molecule has 1 aliphatic rings. The quantitative estimate of drug-likeness (QED) is 0.661. The standard InChI is InChI=1S/C21H23N3O2.C2H6/c1-6-11(2)14-7-8-17-15(9-14)16(20(25)24-17)10-18-12(3)19(13(4)23-18)21(26)22-5;1-2/h6-10,23H,1-5H3,(H,22,26)(H,24,25);1-2H3/b11-6+,16-10-;. The van der Waals surface area contributed by atoms with Crippen LogP contribution in [-0.4, -0.2) is 23.8 Å². The number of aromatic amines is 1. The van der Waals surface area contributed by atoms with Crippen molar-refractivity contribution in [1.82, 2.24) is 10.3 Å². The van der Waals surface area contributed by atoms with E-state index in [4.69, 9.17) is 0 Å². The average Bonchev–Trinajstić information content (AvgIpc) is 3.17. The highest BCUT2D eigenvalue weighted by Gasteiger charge is 2.26. The minimum atomic E-state index is -0.136. The van der Waals surface area contributed by atoms with E-state index in [0.717, 1.165) is 39.3 Å². The second kappa shape index (κ2) is 8.74. The van der Waals surface area contributed by atoms with Gasteiger partial charge in [-0.25, -0.2) is 0 Å². The molecule has 0 unspecified atom stereocenters. The first kappa shape index (κ1) is 21.2. The fourth-order valence-electron chi connectivity index (χ4n) is 3.27. The number of nitrogens with one attached hydrogen (secondary N) is 3. The summed E-state index contributed by atoms with van der Waals surface area (Å²) in [4.78, 5) is 27.8. The van der Waals surface area contributed by atoms with Crippen LogP contribution in [0.3, 0.4) is 0 Å². The van der Waals surface area contributed by atoms with E-state index in [9.17, 15) is 9.59 Å². The molecule has 0 saturated heterocycles. The zero-order chi connectivity index (χ0) is 21.0. The highest BCUT2D eigenvalue weighted by Crippen LogP contribution is 2.35. The van der Waals surface area contributed by atoms with Crippen LogP contribution in [0.25, 0.3) is 17.2 Å². The van der Waals surface area contributed by atoms with Gasteiger partial charge in [0, 0.05) is 29.7 Å². The molecule has 2 heterocycles. The Morgan fingerprint density at radius 3 is 2.46 bits per heavy atom. The van der Waals surface area contributed by atoms with Crippen molar-refractivity contribution in [3.63, 3.8) is 0 Å². The first-order valence-corrected chi connectivity index (χ1v) is 9.59. The molecule has 5 heteroatoms. The van der Waals surface area contributed by atoms with E-state index in [-0.39, 0.29) is 11.8 Å².